The SMILES string of the molecule is COc1ccccc1NC(=O)c1ccc(N2CCCN(Cc3ccccc3)C2=O)cc1. The van der Waals surface area contributed by atoms with Gasteiger partial charge in [-0.25, -0.2) is 4.79 Å². The number of urea groups is 1. The lowest BCUT2D eigenvalue weighted by Gasteiger charge is -2.35. The van der Waals surface area contributed by atoms with Crippen molar-refractivity contribution in [3.63, 3.8) is 0 Å². The van der Waals surface area contributed by atoms with Crippen LogP contribution in [0.15, 0.2) is 78.9 Å². The van der Waals surface area contributed by atoms with E-state index in [1.807, 2.05) is 59.5 Å². The number of amides is 3. The van der Waals surface area contributed by atoms with Gasteiger partial charge in [-0.2, -0.15) is 0 Å². The molecule has 158 valence electrons. The van der Waals surface area contributed by atoms with Crippen molar-refractivity contribution in [2.75, 3.05) is 30.4 Å². The zero-order chi connectivity index (χ0) is 21.6. The van der Waals surface area contributed by atoms with Crippen molar-refractivity contribution in [2.45, 2.75) is 13.0 Å². The maximum Gasteiger partial charge on any atom is 0.324 e. The van der Waals surface area contributed by atoms with Crippen molar-refractivity contribution in [1.29, 1.82) is 0 Å². The first kappa shape index (κ1) is 20.5. The number of hydrogen-bond donors (Lipinski definition) is 1. The molecule has 1 aliphatic heterocycles. The number of nitrogens with one attached hydrogen (secondary N) is 1. The lowest BCUT2D eigenvalue weighted by atomic mass is 10.1. The van der Waals surface area contributed by atoms with E-state index in [0.717, 1.165) is 24.2 Å². The number of hydrogen-bond acceptors (Lipinski definition) is 3. The Balaban J connectivity index is 1.44. The molecule has 0 bridgehead atoms. The number of ether oxygens (including phenoxy) is 1. The standard InChI is InChI=1S/C25H25N3O3/c1-31-23-11-6-5-10-22(23)26-24(29)20-12-14-21(15-13-20)28-17-7-16-27(25(28)30)18-19-8-3-2-4-9-19/h2-6,8-15H,7,16-18H2,1H3,(H,26,29). The second kappa shape index (κ2) is 9.34. The summed E-state index contributed by atoms with van der Waals surface area (Å²) in [5, 5.41) is 2.87. The molecule has 31 heavy (non-hydrogen) atoms. The van der Waals surface area contributed by atoms with Gasteiger partial charge in [0.25, 0.3) is 5.91 Å². The molecule has 3 aromatic carbocycles. The Bertz CT molecular complexity index is 1050. The van der Waals surface area contributed by atoms with Gasteiger partial charge in [0.2, 0.25) is 0 Å². The molecular formula is C25H25N3O3. The van der Waals surface area contributed by atoms with Crippen LogP contribution < -0.4 is 15.0 Å². The van der Waals surface area contributed by atoms with Crippen LogP contribution in [0.5, 0.6) is 5.75 Å². The van der Waals surface area contributed by atoms with Crippen molar-refractivity contribution in [3.8, 4) is 5.75 Å². The number of rotatable bonds is 6. The molecule has 6 nitrogen and oxygen atoms in total. The molecule has 0 atom stereocenters. The number of nitrogens with zero attached hydrogens (tertiary/aromatic N) is 2. The summed E-state index contributed by atoms with van der Waals surface area (Å²) in [5.74, 6) is 0.372. The molecule has 6 heteroatoms. The van der Waals surface area contributed by atoms with Crippen LogP contribution in [0.1, 0.15) is 22.3 Å². The first-order valence-corrected chi connectivity index (χ1v) is 10.3. The minimum Gasteiger partial charge on any atom is -0.495 e. The Kier molecular flexibility index (Phi) is 6.17. The molecule has 0 aromatic heterocycles. The largest absolute Gasteiger partial charge is 0.495 e. The van der Waals surface area contributed by atoms with Gasteiger partial charge in [0, 0.05) is 30.9 Å². The van der Waals surface area contributed by atoms with E-state index >= 15 is 0 Å². The van der Waals surface area contributed by atoms with Gasteiger partial charge in [-0.15, -0.1) is 0 Å². The fraction of sp³-hybridized carbons (Fsp3) is 0.200. The predicted molar refractivity (Wildman–Crippen MR) is 122 cm³/mol. The van der Waals surface area contributed by atoms with Crippen molar-refractivity contribution in [1.82, 2.24) is 4.90 Å². The van der Waals surface area contributed by atoms with Crippen LogP contribution >= 0.6 is 0 Å². The average Bonchev–Trinajstić information content (AvgIpc) is 2.81. The van der Waals surface area contributed by atoms with E-state index < -0.39 is 0 Å². The summed E-state index contributed by atoms with van der Waals surface area (Å²) in [4.78, 5) is 29.3. The minimum atomic E-state index is -0.230. The molecule has 3 aromatic rings. The highest BCUT2D eigenvalue weighted by Gasteiger charge is 2.26. The highest BCUT2D eigenvalue weighted by atomic mass is 16.5. The van der Waals surface area contributed by atoms with E-state index in [1.165, 1.54) is 0 Å². The monoisotopic (exact) mass is 415 g/mol. The van der Waals surface area contributed by atoms with Crippen LogP contribution in [0, 0.1) is 0 Å². The minimum absolute atomic E-state index is 0.0127. The van der Waals surface area contributed by atoms with Crippen LogP contribution in [0.25, 0.3) is 0 Å². The highest BCUT2D eigenvalue weighted by molar-refractivity contribution is 6.05. The number of benzene rings is 3. The second-order valence-corrected chi connectivity index (χ2v) is 7.40. The van der Waals surface area contributed by atoms with Gasteiger partial charge in [-0.3, -0.25) is 9.69 Å². The van der Waals surface area contributed by atoms with E-state index in [-0.39, 0.29) is 11.9 Å². The zero-order valence-corrected chi connectivity index (χ0v) is 17.5. The van der Waals surface area contributed by atoms with Crippen LogP contribution in [0.3, 0.4) is 0 Å². The molecule has 0 unspecified atom stereocenters. The Morgan fingerprint density at radius 3 is 2.39 bits per heavy atom. The molecule has 3 amide bonds. The smallest absolute Gasteiger partial charge is 0.324 e. The first-order chi connectivity index (χ1) is 15.2. The zero-order valence-electron chi connectivity index (χ0n) is 17.5. The molecular weight excluding hydrogens is 390 g/mol. The van der Waals surface area contributed by atoms with Gasteiger partial charge in [0.1, 0.15) is 5.75 Å². The molecule has 4 rings (SSSR count). The molecule has 0 aliphatic carbocycles. The summed E-state index contributed by atoms with van der Waals surface area (Å²) in [7, 11) is 1.57. The third kappa shape index (κ3) is 4.69. The second-order valence-electron chi connectivity index (χ2n) is 7.40. The van der Waals surface area contributed by atoms with E-state index in [4.69, 9.17) is 4.74 Å². The summed E-state index contributed by atoms with van der Waals surface area (Å²) in [6.07, 6.45) is 0.897. The predicted octanol–water partition coefficient (Wildman–Crippen LogP) is 4.78. The molecule has 1 fully saturated rings. The van der Waals surface area contributed by atoms with E-state index in [9.17, 15) is 9.59 Å². The molecule has 1 aliphatic rings. The molecule has 1 N–H and O–H groups in total. The Morgan fingerprint density at radius 1 is 0.935 bits per heavy atom. The van der Waals surface area contributed by atoms with Crippen LogP contribution in [-0.2, 0) is 6.54 Å². The summed E-state index contributed by atoms with van der Waals surface area (Å²) in [5.41, 5.74) is 3.03. The Labute approximate surface area is 182 Å². The molecule has 1 saturated heterocycles. The lowest BCUT2D eigenvalue weighted by molar-refractivity contribution is 0.102. The maximum absolute atomic E-state index is 13.0. The van der Waals surface area contributed by atoms with Gasteiger partial charge < -0.3 is 15.0 Å². The van der Waals surface area contributed by atoms with Crippen molar-refractivity contribution in [2.24, 2.45) is 0 Å². The van der Waals surface area contributed by atoms with Gasteiger partial charge in [-0.1, -0.05) is 42.5 Å². The topological polar surface area (TPSA) is 61.9 Å². The Hall–Kier alpha value is -3.80. The van der Waals surface area contributed by atoms with Gasteiger partial charge >= 0.3 is 6.03 Å². The van der Waals surface area contributed by atoms with Crippen LogP contribution in [-0.4, -0.2) is 37.0 Å². The number of para-hydroxylation sites is 2. The first-order valence-electron chi connectivity index (χ1n) is 10.3. The lowest BCUT2D eigenvalue weighted by Crippen LogP contribution is -2.49. The molecule has 0 saturated carbocycles. The average molecular weight is 415 g/mol. The van der Waals surface area contributed by atoms with Crippen LogP contribution in [0.2, 0.25) is 0 Å². The third-order valence-corrected chi connectivity index (χ3v) is 5.32. The maximum atomic E-state index is 13.0. The number of carbonyl (C=O) groups is 2. The third-order valence-electron chi connectivity index (χ3n) is 5.32. The summed E-state index contributed by atoms with van der Waals surface area (Å²) in [6, 6.07) is 24.4. The van der Waals surface area contributed by atoms with Gasteiger partial charge in [0.15, 0.2) is 0 Å². The Morgan fingerprint density at radius 2 is 1.65 bits per heavy atom. The van der Waals surface area contributed by atoms with Gasteiger partial charge in [-0.05, 0) is 48.4 Å². The molecule has 1 heterocycles. The summed E-state index contributed by atoms with van der Waals surface area (Å²) >= 11 is 0. The normalized spacial score (nSPS) is 13.8. The number of anilines is 2. The van der Waals surface area contributed by atoms with Crippen LogP contribution in [0.4, 0.5) is 16.2 Å². The van der Waals surface area contributed by atoms with Gasteiger partial charge in [0.05, 0.1) is 12.8 Å². The van der Waals surface area contributed by atoms with Crippen molar-refractivity contribution >= 4 is 23.3 Å². The van der Waals surface area contributed by atoms with Crippen molar-refractivity contribution in [3.05, 3.63) is 90.0 Å². The number of carbonyl (C=O) groups excluding carboxylic acids is 2. The number of methoxy groups -OCH3 is 1. The fourth-order valence-electron chi connectivity index (χ4n) is 3.71. The van der Waals surface area contributed by atoms with E-state index in [1.54, 1.807) is 36.3 Å². The fourth-order valence-corrected chi connectivity index (χ4v) is 3.71. The molecule has 0 radical (unpaired) electrons. The molecule has 0 spiro atoms. The summed E-state index contributed by atoms with van der Waals surface area (Å²) in [6.45, 7) is 2.00. The van der Waals surface area contributed by atoms with E-state index in [2.05, 4.69) is 5.32 Å². The quantitative estimate of drug-likeness (QED) is 0.630. The van der Waals surface area contributed by atoms with Crippen molar-refractivity contribution < 1.29 is 14.3 Å². The highest BCUT2D eigenvalue weighted by Crippen LogP contribution is 2.25. The van der Waals surface area contributed by atoms with E-state index in [0.29, 0.717) is 30.1 Å². The summed E-state index contributed by atoms with van der Waals surface area (Å²) < 4.78 is 5.28.